The zero-order valence-electron chi connectivity index (χ0n) is 12.7. The Hall–Kier alpha value is -0.230. The molecule has 0 fully saturated rings. The lowest BCUT2D eigenvalue weighted by atomic mass is 10.1. The Balaban J connectivity index is 2.49. The highest BCUT2D eigenvalue weighted by atomic mass is 35.6. The van der Waals surface area contributed by atoms with Crippen molar-refractivity contribution >= 4 is 81.8 Å². The van der Waals surface area contributed by atoms with Crippen LogP contribution < -0.4 is 0 Å². The Morgan fingerprint density at radius 2 is 1.25 bits per heavy atom. The molecule has 0 saturated heterocycles. The van der Waals surface area contributed by atoms with E-state index in [4.69, 9.17) is 74.0 Å². The van der Waals surface area contributed by atoms with Crippen LogP contribution in [-0.2, 0) is 7.59 Å². The monoisotopic (exact) mass is 447 g/mol. The SMILES string of the molecule is Cc1oc(/C=C/c2nc(C(Cl)(Cl)Cl)nc(C(Cl)(Cl)Cl)n2)c(C)c1C. The number of aryl methyl sites for hydroxylation is 1. The first kappa shape index (κ1) is 20.1. The number of hydrogen-bond donors (Lipinski definition) is 0. The van der Waals surface area contributed by atoms with E-state index in [1.807, 2.05) is 20.8 Å². The minimum atomic E-state index is -1.88. The predicted octanol–water partition coefficient (Wildman–Crippen LogP) is 6.21. The van der Waals surface area contributed by atoms with Crippen LogP contribution in [-0.4, -0.2) is 15.0 Å². The molecule has 4 nitrogen and oxygen atoms in total. The lowest BCUT2D eigenvalue weighted by Crippen LogP contribution is -2.16. The molecule has 0 bridgehead atoms. The summed E-state index contributed by atoms with van der Waals surface area (Å²) in [5.41, 5.74) is 2.07. The van der Waals surface area contributed by atoms with Crippen molar-refractivity contribution in [3.63, 3.8) is 0 Å². The van der Waals surface area contributed by atoms with Gasteiger partial charge in [0.2, 0.25) is 7.59 Å². The van der Waals surface area contributed by atoms with Gasteiger partial charge in [-0.25, -0.2) is 15.0 Å². The normalized spacial score (nSPS) is 13.0. The largest absolute Gasteiger partial charge is 0.461 e. The van der Waals surface area contributed by atoms with Crippen LogP contribution in [0.1, 0.15) is 40.1 Å². The maximum atomic E-state index is 5.83. The van der Waals surface area contributed by atoms with Crippen LogP contribution in [0.25, 0.3) is 12.2 Å². The van der Waals surface area contributed by atoms with Gasteiger partial charge in [0.1, 0.15) is 11.5 Å². The second-order valence-corrected chi connectivity index (χ2v) is 9.50. The van der Waals surface area contributed by atoms with Gasteiger partial charge < -0.3 is 4.42 Å². The summed E-state index contributed by atoms with van der Waals surface area (Å²) < 4.78 is 1.88. The second kappa shape index (κ2) is 7.18. The van der Waals surface area contributed by atoms with E-state index in [2.05, 4.69) is 15.0 Å². The van der Waals surface area contributed by atoms with E-state index >= 15 is 0 Å². The molecule has 0 unspecified atom stereocenters. The fourth-order valence-corrected chi connectivity index (χ4v) is 2.30. The minimum absolute atomic E-state index is 0.146. The van der Waals surface area contributed by atoms with E-state index in [0.29, 0.717) is 5.76 Å². The Bertz CT molecular complexity index is 757. The third-order valence-corrected chi connectivity index (χ3v) is 4.28. The number of hydrogen-bond acceptors (Lipinski definition) is 4. The Labute approximate surface area is 169 Å². The summed E-state index contributed by atoms with van der Waals surface area (Å²) >= 11 is 35.0. The number of aromatic nitrogens is 3. The molecule has 24 heavy (non-hydrogen) atoms. The molecule has 0 aromatic carbocycles. The highest BCUT2D eigenvalue weighted by Gasteiger charge is 2.33. The van der Waals surface area contributed by atoms with E-state index in [1.165, 1.54) is 0 Å². The molecular weight excluding hydrogens is 439 g/mol. The van der Waals surface area contributed by atoms with Gasteiger partial charge in [-0.15, -0.1) is 0 Å². The molecule has 2 rings (SSSR count). The third kappa shape index (κ3) is 4.69. The van der Waals surface area contributed by atoms with E-state index < -0.39 is 7.59 Å². The molecule has 2 heterocycles. The van der Waals surface area contributed by atoms with E-state index in [9.17, 15) is 0 Å². The van der Waals surface area contributed by atoms with E-state index in [0.717, 1.165) is 16.9 Å². The molecule has 0 amide bonds. The first-order valence-electron chi connectivity index (χ1n) is 6.54. The number of halogens is 6. The average molecular weight is 450 g/mol. The zero-order valence-corrected chi connectivity index (χ0v) is 17.2. The summed E-state index contributed by atoms with van der Waals surface area (Å²) in [6.45, 7) is 5.79. The van der Waals surface area contributed by atoms with Gasteiger partial charge in [-0.1, -0.05) is 69.6 Å². The smallest absolute Gasteiger partial charge is 0.250 e. The Kier molecular flexibility index (Phi) is 6.01. The first-order chi connectivity index (χ1) is 10.9. The molecule has 2 aromatic rings. The molecule has 0 saturated carbocycles. The van der Waals surface area contributed by atoms with Crippen molar-refractivity contribution < 1.29 is 4.42 Å². The fraction of sp³-hybridized carbons (Fsp3) is 0.357. The molecule has 0 atom stereocenters. The maximum Gasteiger partial charge on any atom is 0.250 e. The predicted molar refractivity (Wildman–Crippen MR) is 100 cm³/mol. The third-order valence-electron chi connectivity index (χ3n) is 3.27. The summed E-state index contributed by atoms with van der Waals surface area (Å²) in [5.74, 6) is 1.36. The summed E-state index contributed by atoms with van der Waals surface area (Å²) in [7, 11) is 0. The van der Waals surface area contributed by atoms with Gasteiger partial charge in [-0.05, 0) is 44.1 Å². The summed E-state index contributed by atoms with van der Waals surface area (Å²) in [6.07, 6.45) is 3.25. The van der Waals surface area contributed by atoms with Crippen LogP contribution in [0.5, 0.6) is 0 Å². The highest BCUT2D eigenvalue weighted by molar-refractivity contribution is 6.67. The zero-order chi connectivity index (χ0) is 18.3. The molecule has 0 aliphatic rings. The van der Waals surface area contributed by atoms with Gasteiger partial charge in [-0.2, -0.15) is 0 Å². The molecule has 0 N–H and O–H groups in total. The van der Waals surface area contributed by atoms with Crippen molar-refractivity contribution in [3.8, 4) is 0 Å². The second-order valence-electron chi connectivity index (χ2n) is 4.94. The van der Waals surface area contributed by atoms with Gasteiger partial charge in [0.15, 0.2) is 17.5 Å². The molecule has 0 aliphatic carbocycles. The van der Waals surface area contributed by atoms with Crippen LogP contribution in [0, 0.1) is 20.8 Å². The first-order valence-corrected chi connectivity index (χ1v) is 8.81. The number of nitrogens with zero attached hydrogens (tertiary/aromatic N) is 3. The van der Waals surface area contributed by atoms with Crippen LogP contribution in [0.4, 0.5) is 0 Å². The van der Waals surface area contributed by atoms with Crippen molar-refractivity contribution in [3.05, 3.63) is 40.1 Å². The number of furan rings is 1. The van der Waals surface area contributed by atoms with Gasteiger partial charge in [0.05, 0.1) is 0 Å². The van der Waals surface area contributed by atoms with Crippen LogP contribution in [0.15, 0.2) is 4.42 Å². The number of alkyl halides is 6. The van der Waals surface area contributed by atoms with Gasteiger partial charge >= 0.3 is 0 Å². The van der Waals surface area contributed by atoms with Crippen molar-refractivity contribution in [2.24, 2.45) is 0 Å². The quantitative estimate of drug-likeness (QED) is 0.511. The summed E-state index contributed by atoms with van der Waals surface area (Å²) in [5, 5.41) is 0. The van der Waals surface area contributed by atoms with Crippen LogP contribution in [0.3, 0.4) is 0 Å². The minimum Gasteiger partial charge on any atom is -0.461 e. The van der Waals surface area contributed by atoms with Crippen molar-refractivity contribution in [2.45, 2.75) is 28.4 Å². The summed E-state index contributed by atoms with van der Waals surface area (Å²) in [4.78, 5) is 12.0. The average Bonchev–Trinajstić information content (AvgIpc) is 2.70. The molecule has 10 heteroatoms. The fourth-order valence-electron chi connectivity index (χ4n) is 1.80. The maximum absolute atomic E-state index is 5.83. The Morgan fingerprint density at radius 3 is 1.62 bits per heavy atom. The lowest BCUT2D eigenvalue weighted by molar-refractivity contribution is 0.521. The van der Waals surface area contributed by atoms with E-state index in [1.54, 1.807) is 12.2 Å². The van der Waals surface area contributed by atoms with Crippen molar-refractivity contribution in [1.29, 1.82) is 0 Å². The molecule has 0 radical (unpaired) electrons. The highest BCUT2D eigenvalue weighted by Crippen LogP contribution is 2.40. The molecule has 130 valence electrons. The van der Waals surface area contributed by atoms with Gasteiger partial charge in [-0.3, -0.25) is 0 Å². The van der Waals surface area contributed by atoms with E-state index in [-0.39, 0.29) is 17.5 Å². The molecular formula is C14H11Cl6N3O. The van der Waals surface area contributed by atoms with Crippen molar-refractivity contribution in [1.82, 2.24) is 15.0 Å². The molecule has 0 spiro atoms. The van der Waals surface area contributed by atoms with Crippen molar-refractivity contribution in [2.75, 3.05) is 0 Å². The topological polar surface area (TPSA) is 51.8 Å². The standard InChI is InChI=1S/C14H11Cl6N3O/c1-6-7(2)9(24-8(6)3)4-5-10-21-11(13(15,16)17)23-12(22-10)14(18,19)20/h4-5H,1-3H3/b5-4+. The molecule has 2 aromatic heterocycles. The van der Waals surface area contributed by atoms with Crippen LogP contribution in [0.2, 0.25) is 0 Å². The van der Waals surface area contributed by atoms with Gasteiger partial charge in [0, 0.05) is 0 Å². The van der Waals surface area contributed by atoms with Gasteiger partial charge in [0.25, 0.3) is 0 Å². The number of rotatable bonds is 2. The molecule has 0 aliphatic heterocycles. The Morgan fingerprint density at radius 1 is 0.750 bits per heavy atom. The lowest BCUT2D eigenvalue weighted by Gasteiger charge is -2.14. The van der Waals surface area contributed by atoms with Crippen LogP contribution >= 0.6 is 69.6 Å². The summed E-state index contributed by atoms with van der Waals surface area (Å²) in [6, 6.07) is 0.